The summed E-state index contributed by atoms with van der Waals surface area (Å²) in [5.41, 5.74) is 1.11. The van der Waals surface area contributed by atoms with Crippen molar-refractivity contribution in [2.75, 3.05) is 5.32 Å². The van der Waals surface area contributed by atoms with Crippen LogP contribution in [0.25, 0.3) is 11.5 Å². The largest absolute Gasteiger partial charge is 0.419 e. The van der Waals surface area contributed by atoms with Gasteiger partial charge in [-0.05, 0) is 54.1 Å². The van der Waals surface area contributed by atoms with E-state index in [1.54, 1.807) is 36.4 Å². The number of sulfone groups is 1. The predicted octanol–water partition coefficient (Wildman–Crippen LogP) is 5.72. The van der Waals surface area contributed by atoms with E-state index in [0.29, 0.717) is 16.1 Å². The third-order valence-corrected chi connectivity index (χ3v) is 6.45. The second-order valence-corrected chi connectivity index (χ2v) is 8.84. The topological polar surface area (TPSA) is 72.2 Å². The minimum absolute atomic E-state index is 0.00731. The van der Waals surface area contributed by atoms with Gasteiger partial charge < -0.3 is 9.73 Å². The number of rotatable bonds is 6. The van der Waals surface area contributed by atoms with Gasteiger partial charge in [0, 0.05) is 6.54 Å². The van der Waals surface area contributed by atoms with Crippen LogP contribution in [-0.4, -0.2) is 13.4 Å². The van der Waals surface area contributed by atoms with Gasteiger partial charge >= 0.3 is 0 Å². The van der Waals surface area contributed by atoms with Crippen LogP contribution in [0.1, 0.15) is 5.56 Å². The lowest BCUT2D eigenvalue weighted by Gasteiger charge is -2.06. The Hall–Kier alpha value is -3.23. The predicted molar refractivity (Wildman–Crippen MR) is 113 cm³/mol. The number of aromatic nitrogens is 1. The van der Waals surface area contributed by atoms with E-state index in [4.69, 9.17) is 16.0 Å². The lowest BCUT2D eigenvalue weighted by molar-refractivity contribution is 0.576. The quantitative estimate of drug-likeness (QED) is 0.373. The summed E-state index contributed by atoms with van der Waals surface area (Å²) >= 11 is 6.21. The van der Waals surface area contributed by atoms with E-state index in [1.807, 2.05) is 0 Å². The molecule has 0 atom stereocenters. The first kappa shape index (κ1) is 21.0. The standard InChI is InChI=1S/C22H15ClF2N2O3S/c23-19-4-2-1-3-18(19)20-27-22(31(28,29)17-11-9-16(25)10-12-17)21(30-20)26-13-14-5-7-15(24)8-6-14/h1-12,26H,13H2. The molecular formula is C22H15ClF2N2O3S. The molecule has 1 heterocycles. The Kier molecular flexibility index (Phi) is 5.75. The summed E-state index contributed by atoms with van der Waals surface area (Å²) in [6.45, 7) is 0.156. The van der Waals surface area contributed by atoms with E-state index in [0.717, 1.165) is 24.3 Å². The molecule has 158 valence electrons. The molecule has 0 radical (unpaired) electrons. The maximum Gasteiger partial charge on any atom is 0.234 e. The fourth-order valence-corrected chi connectivity index (χ4v) is 4.36. The molecule has 31 heavy (non-hydrogen) atoms. The summed E-state index contributed by atoms with van der Waals surface area (Å²) in [6, 6.07) is 16.8. The smallest absolute Gasteiger partial charge is 0.234 e. The fourth-order valence-electron chi connectivity index (χ4n) is 2.86. The average molecular weight is 461 g/mol. The molecule has 5 nitrogen and oxygen atoms in total. The molecule has 0 aliphatic carbocycles. The van der Waals surface area contributed by atoms with Gasteiger partial charge in [-0.2, -0.15) is 4.98 Å². The Morgan fingerprint density at radius 3 is 2.16 bits per heavy atom. The van der Waals surface area contributed by atoms with Gasteiger partial charge in [0.1, 0.15) is 11.6 Å². The fraction of sp³-hybridized carbons (Fsp3) is 0.0455. The number of hydrogen-bond acceptors (Lipinski definition) is 5. The van der Waals surface area contributed by atoms with Gasteiger partial charge in [0.25, 0.3) is 0 Å². The molecule has 4 rings (SSSR count). The molecule has 0 aliphatic rings. The first-order chi connectivity index (χ1) is 14.8. The molecule has 0 aliphatic heterocycles. The van der Waals surface area contributed by atoms with E-state index in [1.165, 1.54) is 12.1 Å². The SMILES string of the molecule is O=S(=O)(c1ccc(F)cc1)c1nc(-c2ccccc2Cl)oc1NCc1ccc(F)cc1. The van der Waals surface area contributed by atoms with Crippen LogP contribution in [0.3, 0.4) is 0 Å². The van der Waals surface area contributed by atoms with Crippen molar-refractivity contribution in [1.82, 2.24) is 4.98 Å². The zero-order chi connectivity index (χ0) is 22.0. The van der Waals surface area contributed by atoms with Gasteiger partial charge in [0.2, 0.25) is 26.6 Å². The van der Waals surface area contributed by atoms with Crippen molar-refractivity contribution in [2.24, 2.45) is 0 Å². The van der Waals surface area contributed by atoms with Crippen molar-refractivity contribution in [3.8, 4) is 11.5 Å². The van der Waals surface area contributed by atoms with E-state index in [9.17, 15) is 17.2 Å². The van der Waals surface area contributed by atoms with Crippen molar-refractivity contribution in [2.45, 2.75) is 16.5 Å². The van der Waals surface area contributed by atoms with Crippen LogP contribution in [0, 0.1) is 11.6 Å². The van der Waals surface area contributed by atoms with Gasteiger partial charge in [-0.25, -0.2) is 17.2 Å². The normalized spacial score (nSPS) is 11.5. The van der Waals surface area contributed by atoms with Gasteiger partial charge in [-0.1, -0.05) is 35.9 Å². The number of anilines is 1. The molecular weight excluding hydrogens is 446 g/mol. The van der Waals surface area contributed by atoms with Crippen molar-refractivity contribution < 1.29 is 21.6 Å². The highest BCUT2D eigenvalue weighted by molar-refractivity contribution is 7.91. The second kappa shape index (κ2) is 8.49. The lowest BCUT2D eigenvalue weighted by Crippen LogP contribution is -2.07. The van der Waals surface area contributed by atoms with Gasteiger partial charge in [-0.3, -0.25) is 0 Å². The molecule has 0 spiro atoms. The molecule has 1 N–H and O–H groups in total. The molecule has 0 unspecified atom stereocenters. The summed E-state index contributed by atoms with van der Waals surface area (Å²) in [5.74, 6) is -1.05. The van der Waals surface area contributed by atoms with E-state index in [2.05, 4.69) is 10.3 Å². The van der Waals surface area contributed by atoms with Crippen LogP contribution < -0.4 is 5.32 Å². The van der Waals surface area contributed by atoms with Crippen molar-refractivity contribution in [3.05, 3.63) is 95.0 Å². The van der Waals surface area contributed by atoms with Crippen LogP contribution >= 0.6 is 11.6 Å². The number of hydrogen-bond donors (Lipinski definition) is 1. The third-order valence-electron chi connectivity index (χ3n) is 4.45. The van der Waals surface area contributed by atoms with E-state index in [-0.39, 0.29) is 34.1 Å². The molecule has 0 bridgehead atoms. The van der Waals surface area contributed by atoms with Crippen molar-refractivity contribution >= 4 is 27.3 Å². The number of halogens is 3. The highest BCUT2D eigenvalue weighted by atomic mass is 35.5. The third kappa shape index (κ3) is 4.45. The van der Waals surface area contributed by atoms with Crippen LogP contribution in [0.5, 0.6) is 0 Å². The number of benzene rings is 3. The first-order valence-corrected chi connectivity index (χ1v) is 11.0. The zero-order valence-electron chi connectivity index (χ0n) is 15.8. The Balaban J connectivity index is 1.77. The molecule has 4 aromatic rings. The number of nitrogens with zero attached hydrogens (tertiary/aromatic N) is 1. The zero-order valence-corrected chi connectivity index (χ0v) is 17.4. The Morgan fingerprint density at radius 2 is 1.52 bits per heavy atom. The van der Waals surface area contributed by atoms with Gasteiger partial charge in [0.15, 0.2) is 0 Å². The lowest BCUT2D eigenvalue weighted by atomic mass is 10.2. The van der Waals surface area contributed by atoms with Crippen molar-refractivity contribution in [1.29, 1.82) is 0 Å². The Morgan fingerprint density at radius 1 is 0.903 bits per heavy atom. The molecule has 1 aromatic heterocycles. The minimum atomic E-state index is -4.13. The molecule has 0 amide bonds. The molecule has 0 saturated carbocycles. The monoisotopic (exact) mass is 460 g/mol. The molecule has 0 saturated heterocycles. The van der Waals surface area contributed by atoms with Gasteiger partial charge in [-0.15, -0.1) is 0 Å². The molecule has 0 fully saturated rings. The number of oxazole rings is 1. The van der Waals surface area contributed by atoms with E-state index >= 15 is 0 Å². The molecule has 3 aromatic carbocycles. The van der Waals surface area contributed by atoms with Crippen LogP contribution in [0.4, 0.5) is 14.7 Å². The molecule has 9 heteroatoms. The Labute approximate surface area is 182 Å². The maximum absolute atomic E-state index is 13.3. The minimum Gasteiger partial charge on any atom is -0.419 e. The van der Waals surface area contributed by atoms with E-state index < -0.39 is 15.7 Å². The summed E-state index contributed by atoms with van der Waals surface area (Å²) < 4.78 is 58.5. The maximum atomic E-state index is 13.3. The summed E-state index contributed by atoms with van der Waals surface area (Å²) in [4.78, 5) is 4.04. The number of nitrogens with one attached hydrogen (secondary N) is 1. The summed E-state index contributed by atoms with van der Waals surface area (Å²) in [5, 5.41) is 2.87. The summed E-state index contributed by atoms with van der Waals surface area (Å²) in [6.07, 6.45) is 0. The first-order valence-electron chi connectivity index (χ1n) is 9.09. The highest BCUT2D eigenvalue weighted by Gasteiger charge is 2.29. The van der Waals surface area contributed by atoms with Gasteiger partial charge in [0.05, 0.1) is 15.5 Å². The Bertz CT molecular complexity index is 1320. The van der Waals surface area contributed by atoms with Crippen LogP contribution in [0.2, 0.25) is 5.02 Å². The van der Waals surface area contributed by atoms with Crippen LogP contribution in [-0.2, 0) is 16.4 Å². The second-order valence-electron chi connectivity index (χ2n) is 6.57. The highest BCUT2D eigenvalue weighted by Crippen LogP contribution is 2.35. The average Bonchev–Trinajstić information content (AvgIpc) is 3.19. The van der Waals surface area contributed by atoms with Crippen LogP contribution in [0.15, 0.2) is 87.1 Å². The van der Waals surface area contributed by atoms with Crippen molar-refractivity contribution in [3.63, 3.8) is 0 Å². The summed E-state index contributed by atoms with van der Waals surface area (Å²) in [7, 11) is -4.13.